The van der Waals surface area contributed by atoms with Gasteiger partial charge in [0, 0.05) is 17.1 Å². The van der Waals surface area contributed by atoms with Crippen LogP contribution in [0.2, 0.25) is 5.15 Å². The van der Waals surface area contributed by atoms with Crippen LogP contribution in [0, 0.1) is 5.82 Å². The lowest BCUT2D eigenvalue weighted by atomic mass is 10.0. The third-order valence-electron chi connectivity index (χ3n) is 1.93. The number of aliphatic hydroxyl groups is 2. The van der Waals surface area contributed by atoms with E-state index < -0.39 is 18.0 Å². The Labute approximate surface area is 100 Å². The Balaban J connectivity index is 2.81. The fraction of sp³-hybridized carbons (Fsp3) is 0.444. The summed E-state index contributed by atoms with van der Waals surface area (Å²) in [5.74, 6) is -0.709. The highest BCUT2D eigenvalue weighted by atomic mass is 79.9. The van der Waals surface area contributed by atoms with Crippen molar-refractivity contribution in [3.63, 3.8) is 0 Å². The van der Waals surface area contributed by atoms with E-state index in [1.807, 2.05) is 0 Å². The molecule has 0 aliphatic heterocycles. The first-order valence-corrected chi connectivity index (χ1v) is 5.79. The number of aliphatic hydroxyl groups excluding tert-OH is 2. The zero-order valence-electron chi connectivity index (χ0n) is 7.70. The standard InChI is InChI=1S/C9H10BrClFNO2/c10-2-1-7(14)8(15)5-3-6(12)9(11)13-4-5/h3-4,7-8,14-15H,1-2H2. The number of nitrogens with zero attached hydrogens (tertiary/aromatic N) is 1. The Kier molecular flexibility index (Phi) is 4.92. The van der Waals surface area contributed by atoms with E-state index >= 15 is 0 Å². The van der Waals surface area contributed by atoms with Crippen molar-refractivity contribution in [1.29, 1.82) is 0 Å². The zero-order valence-corrected chi connectivity index (χ0v) is 10.0. The smallest absolute Gasteiger partial charge is 0.164 e. The molecular formula is C9H10BrClFNO2. The molecule has 6 heteroatoms. The highest BCUT2D eigenvalue weighted by Crippen LogP contribution is 2.21. The molecule has 0 saturated carbocycles. The van der Waals surface area contributed by atoms with Crippen LogP contribution in [0.5, 0.6) is 0 Å². The van der Waals surface area contributed by atoms with E-state index in [4.69, 9.17) is 11.6 Å². The molecule has 0 fully saturated rings. The second-order valence-electron chi connectivity index (χ2n) is 3.03. The van der Waals surface area contributed by atoms with Gasteiger partial charge in [-0.2, -0.15) is 0 Å². The van der Waals surface area contributed by atoms with Gasteiger partial charge < -0.3 is 10.2 Å². The Morgan fingerprint density at radius 2 is 2.20 bits per heavy atom. The van der Waals surface area contributed by atoms with Crippen LogP contribution in [0.15, 0.2) is 12.3 Å². The second-order valence-corrected chi connectivity index (χ2v) is 4.18. The highest BCUT2D eigenvalue weighted by Gasteiger charge is 2.19. The number of hydrogen-bond acceptors (Lipinski definition) is 3. The normalized spacial score (nSPS) is 15.0. The van der Waals surface area contributed by atoms with Crippen LogP contribution >= 0.6 is 27.5 Å². The van der Waals surface area contributed by atoms with Crippen LogP contribution in [0.25, 0.3) is 0 Å². The first-order chi connectivity index (χ1) is 7.06. The largest absolute Gasteiger partial charge is 0.390 e. The van der Waals surface area contributed by atoms with E-state index in [1.54, 1.807) is 0 Å². The Bertz CT molecular complexity index is 340. The summed E-state index contributed by atoms with van der Waals surface area (Å²) < 4.78 is 13.0. The number of alkyl halides is 1. The molecule has 0 bridgehead atoms. The Hall–Kier alpha value is -0.230. The van der Waals surface area contributed by atoms with Crippen molar-refractivity contribution in [2.45, 2.75) is 18.6 Å². The van der Waals surface area contributed by atoms with E-state index in [1.165, 1.54) is 6.20 Å². The van der Waals surface area contributed by atoms with Gasteiger partial charge in [-0.25, -0.2) is 9.37 Å². The molecule has 0 radical (unpaired) electrons. The molecule has 2 unspecified atom stereocenters. The average molecular weight is 299 g/mol. The maximum absolute atomic E-state index is 13.0. The first-order valence-electron chi connectivity index (χ1n) is 4.29. The van der Waals surface area contributed by atoms with Crippen LogP contribution in [-0.4, -0.2) is 26.6 Å². The number of aromatic nitrogens is 1. The third kappa shape index (κ3) is 3.38. The molecule has 2 N–H and O–H groups in total. The van der Waals surface area contributed by atoms with Crippen molar-refractivity contribution < 1.29 is 14.6 Å². The molecule has 1 rings (SSSR count). The summed E-state index contributed by atoms with van der Waals surface area (Å²) in [4.78, 5) is 3.55. The van der Waals surface area contributed by atoms with E-state index in [0.29, 0.717) is 11.8 Å². The average Bonchev–Trinajstić information content (AvgIpc) is 2.21. The molecule has 1 aromatic rings. The van der Waals surface area contributed by atoms with E-state index in [0.717, 1.165) is 6.07 Å². The molecule has 15 heavy (non-hydrogen) atoms. The maximum Gasteiger partial charge on any atom is 0.164 e. The van der Waals surface area contributed by atoms with Gasteiger partial charge in [-0.1, -0.05) is 27.5 Å². The van der Waals surface area contributed by atoms with Gasteiger partial charge in [-0.05, 0) is 12.5 Å². The van der Waals surface area contributed by atoms with Gasteiger partial charge in [0.05, 0.1) is 6.10 Å². The van der Waals surface area contributed by atoms with Crippen molar-refractivity contribution in [3.05, 3.63) is 28.8 Å². The minimum Gasteiger partial charge on any atom is -0.390 e. The van der Waals surface area contributed by atoms with Crippen LogP contribution in [0.4, 0.5) is 4.39 Å². The van der Waals surface area contributed by atoms with Gasteiger partial charge in [0.25, 0.3) is 0 Å². The second kappa shape index (κ2) is 5.75. The molecule has 1 heterocycles. The SMILES string of the molecule is OC(CCBr)C(O)c1cnc(Cl)c(F)c1. The third-order valence-corrected chi connectivity index (χ3v) is 2.66. The van der Waals surface area contributed by atoms with Crippen molar-refractivity contribution in [2.24, 2.45) is 0 Å². The van der Waals surface area contributed by atoms with Crippen molar-refractivity contribution in [3.8, 4) is 0 Å². The maximum atomic E-state index is 13.0. The fourth-order valence-corrected chi connectivity index (χ4v) is 1.66. The van der Waals surface area contributed by atoms with Crippen LogP contribution < -0.4 is 0 Å². The lowest BCUT2D eigenvalue weighted by Gasteiger charge is -2.16. The van der Waals surface area contributed by atoms with E-state index in [9.17, 15) is 14.6 Å². The van der Waals surface area contributed by atoms with Crippen LogP contribution in [0.3, 0.4) is 0 Å². The molecule has 2 atom stereocenters. The lowest BCUT2D eigenvalue weighted by molar-refractivity contribution is 0.0170. The predicted octanol–water partition coefficient (Wildman–Crippen LogP) is 2.05. The monoisotopic (exact) mass is 297 g/mol. The molecule has 0 aliphatic rings. The molecule has 0 saturated heterocycles. The summed E-state index contributed by atoms with van der Waals surface area (Å²) >= 11 is 8.52. The van der Waals surface area contributed by atoms with Gasteiger partial charge in [0.1, 0.15) is 6.10 Å². The molecule has 0 aliphatic carbocycles. The van der Waals surface area contributed by atoms with Crippen LogP contribution in [-0.2, 0) is 0 Å². The van der Waals surface area contributed by atoms with Crippen molar-refractivity contribution in [1.82, 2.24) is 4.98 Å². The van der Waals surface area contributed by atoms with E-state index in [2.05, 4.69) is 20.9 Å². The number of halogens is 3. The van der Waals surface area contributed by atoms with Gasteiger partial charge in [-0.3, -0.25) is 0 Å². The fourth-order valence-electron chi connectivity index (χ4n) is 1.09. The van der Waals surface area contributed by atoms with Gasteiger partial charge in [-0.15, -0.1) is 0 Å². The quantitative estimate of drug-likeness (QED) is 0.661. The van der Waals surface area contributed by atoms with Gasteiger partial charge in [0.2, 0.25) is 0 Å². The number of hydrogen-bond donors (Lipinski definition) is 2. The minimum absolute atomic E-state index is 0.213. The summed E-state index contributed by atoms with van der Waals surface area (Å²) in [7, 11) is 0. The zero-order chi connectivity index (χ0) is 11.4. The molecule has 1 aromatic heterocycles. The molecule has 0 spiro atoms. The Morgan fingerprint density at radius 1 is 1.53 bits per heavy atom. The summed E-state index contributed by atoms with van der Waals surface area (Å²) in [6, 6.07) is 1.07. The first kappa shape index (κ1) is 12.8. The van der Waals surface area contributed by atoms with Gasteiger partial charge in [0.15, 0.2) is 11.0 Å². The number of pyridine rings is 1. The predicted molar refractivity (Wildman–Crippen MR) is 58.6 cm³/mol. The minimum atomic E-state index is -1.15. The molecular weight excluding hydrogens is 288 g/mol. The van der Waals surface area contributed by atoms with E-state index in [-0.39, 0.29) is 10.7 Å². The molecule has 0 amide bonds. The lowest BCUT2D eigenvalue weighted by Crippen LogP contribution is -2.19. The van der Waals surface area contributed by atoms with Crippen molar-refractivity contribution >= 4 is 27.5 Å². The van der Waals surface area contributed by atoms with Crippen LogP contribution in [0.1, 0.15) is 18.1 Å². The van der Waals surface area contributed by atoms with Gasteiger partial charge >= 0.3 is 0 Å². The topological polar surface area (TPSA) is 53.4 Å². The summed E-state index contributed by atoms with van der Waals surface area (Å²) in [5.41, 5.74) is 0.213. The molecule has 3 nitrogen and oxygen atoms in total. The number of rotatable bonds is 4. The molecule has 84 valence electrons. The summed E-state index contributed by atoms with van der Waals surface area (Å²) in [5, 5.41) is 19.4. The molecule has 0 aromatic carbocycles. The summed E-state index contributed by atoms with van der Waals surface area (Å²) in [6.45, 7) is 0. The van der Waals surface area contributed by atoms with Crippen molar-refractivity contribution in [2.75, 3.05) is 5.33 Å². The highest BCUT2D eigenvalue weighted by molar-refractivity contribution is 9.09. The Morgan fingerprint density at radius 3 is 2.73 bits per heavy atom. The summed E-state index contributed by atoms with van der Waals surface area (Å²) in [6.07, 6.45) is -0.493.